The van der Waals surface area contributed by atoms with Crippen LogP contribution in [-0.2, 0) is 18.4 Å². The van der Waals surface area contributed by atoms with Crippen molar-refractivity contribution in [1.29, 1.82) is 0 Å². The molecule has 1 aliphatic heterocycles. The fraction of sp³-hybridized carbons (Fsp3) is 0.345. The smallest absolute Gasteiger partial charge is 0.290 e. The highest BCUT2D eigenvalue weighted by Gasteiger charge is 2.38. The van der Waals surface area contributed by atoms with Crippen molar-refractivity contribution in [1.82, 2.24) is 30.3 Å². The van der Waals surface area contributed by atoms with E-state index in [0.717, 1.165) is 48.6 Å². The van der Waals surface area contributed by atoms with E-state index in [0.29, 0.717) is 30.3 Å². The standard InChI is InChI=1S/C29H32N8O2/c1-29(2)16-22-24(35-39-26(22)27(38)31-17-19-8-10-30-11-9-19)25-23(29)18-32-28(34-25)33-20-4-6-21(7-5-20)37-14-12-36(3)13-15-37/h4-11,18H,12-17H2,1-3H3,(H,31,38)(H,32,33,34). The van der Waals surface area contributed by atoms with E-state index >= 15 is 0 Å². The molecule has 0 bridgehead atoms. The molecule has 1 amide bonds. The maximum absolute atomic E-state index is 13.0. The van der Waals surface area contributed by atoms with Crippen LogP contribution in [0.4, 0.5) is 17.3 Å². The Morgan fingerprint density at radius 3 is 2.51 bits per heavy atom. The minimum Gasteiger partial charge on any atom is -0.369 e. The van der Waals surface area contributed by atoms with Crippen molar-refractivity contribution in [2.24, 2.45) is 0 Å². The molecule has 2 aliphatic rings. The first-order valence-corrected chi connectivity index (χ1v) is 13.2. The van der Waals surface area contributed by atoms with Gasteiger partial charge in [0, 0.05) is 73.8 Å². The molecule has 4 aromatic rings. The van der Waals surface area contributed by atoms with E-state index in [1.165, 1.54) is 5.69 Å². The van der Waals surface area contributed by atoms with Gasteiger partial charge in [-0.2, -0.15) is 0 Å². The molecule has 2 N–H and O–H groups in total. The van der Waals surface area contributed by atoms with Gasteiger partial charge < -0.3 is 25.0 Å². The molecule has 1 fully saturated rings. The van der Waals surface area contributed by atoms with Crippen molar-refractivity contribution in [3.8, 4) is 11.4 Å². The first kappa shape index (κ1) is 25.0. The van der Waals surface area contributed by atoms with Crippen molar-refractivity contribution in [2.75, 3.05) is 43.4 Å². The van der Waals surface area contributed by atoms with Gasteiger partial charge in [-0.15, -0.1) is 0 Å². The number of fused-ring (bicyclic) bond motifs is 3. The number of carbonyl (C=O) groups excluding carboxylic acids is 1. The molecule has 6 rings (SSSR count). The van der Waals surface area contributed by atoms with Gasteiger partial charge in [0.25, 0.3) is 5.91 Å². The molecule has 0 spiro atoms. The minimum atomic E-state index is -0.298. The molecular formula is C29H32N8O2. The van der Waals surface area contributed by atoms with Crippen LogP contribution in [0, 0.1) is 0 Å². The molecule has 1 aromatic carbocycles. The van der Waals surface area contributed by atoms with Crippen LogP contribution in [-0.4, -0.2) is 64.1 Å². The number of aromatic nitrogens is 4. The normalized spacial score (nSPS) is 16.3. The van der Waals surface area contributed by atoms with Crippen molar-refractivity contribution < 1.29 is 9.32 Å². The third-order valence-corrected chi connectivity index (χ3v) is 7.55. The Labute approximate surface area is 227 Å². The maximum Gasteiger partial charge on any atom is 0.290 e. The quantitative estimate of drug-likeness (QED) is 0.389. The Hall–Kier alpha value is -4.31. The van der Waals surface area contributed by atoms with E-state index in [4.69, 9.17) is 9.51 Å². The number of hydrogen-bond donors (Lipinski definition) is 2. The molecule has 39 heavy (non-hydrogen) atoms. The van der Waals surface area contributed by atoms with E-state index in [-0.39, 0.29) is 17.1 Å². The third-order valence-electron chi connectivity index (χ3n) is 7.55. The average Bonchev–Trinajstić information content (AvgIpc) is 3.36. The number of likely N-dealkylation sites (N-methyl/N-ethyl adjacent to an activating group) is 1. The minimum absolute atomic E-state index is 0.227. The molecule has 0 saturated carbocycles. The zero-order valence-electron chi connectivity index (χ0n) is 22.4. The number of pyridine rings is 1. The molecule has 3 aromatic heterocycles. The molecule has 10 heteroatoms. The van der Waals surface area contributed by atoms with Gasteiger partial charge in [0.05, 0.1) is 0 Å². The highest BCUT2D eigenvalue weighted by Crippen LogP contribution is 2.43. The highest BCUT2D eigenvalue weighted by molar-refractivity contribution is 5.95. The van der Waals surface area contributed by atoms with Crippen LogP contribution in [0.25, 0.3) is 11.4 Å². The van der Waals surface area contributed by atoms with Gasteiger partial charge >= 0.3 is 0 Å². The number of benzene rings is 1. The van der Waals surface area contributed by atoms with Crippen LogP contribution in [0.2, 0.25) is 0 Å². The van der Waals surface area contributed by atoms with Crippen LogP contribution in [0.5, 0.6) is 0 Å². The Morgan fingerprint density at radius 1 is 1.03 bits per heavy atom. The van der Waals surface area contributed by atoms with E-state index in [2.05, 4.69) is 68.6 Å². The Morgan fingerprint density at radius 2 is 1.77 bits per heavy atom. The fourth-order valence-electron chi connectivity index (χ4n) is 5.21. The fourth-order valence-corrected chi connectivity index (χ4v) is 5.21. The van der Waals surface area contributed by atoms with Crippen molar-refractivity contribution >= 4 is 23.2 Å². The SMILES string of the molecule is CN1CCN(c2ccc(Nc3ncc4c(n3)-c3noc(C(=O)NCc5ccncc5)c3CC4(C)C)cc2)CC1. The molecular weight excluding hydrogens is 492 g/mol. The molecule has 0 radical (unpaired) electrons. The second kappa shape index (κ2) is 10.1. The number of piperazine rings is 1. The monoisotopic (exact) mass is 524 g/mol. The number of nitrogens with zero attached hydrogens (tertiary/aromatic N) is 6. The molecule has 4 heterocycles. The van der Waals surface area contributed by atoms with Crippen LogP contribution >= 0.6 is 0 Å². The number of anilines is 3. The summed E-state index contributed by atoms with van der Waals surface area (Å²) in [7, 11) is 2.16. The summed E-state index contributed by atoms with van der Waals surface area (Å²) in [5.41, 5.74) is 5.79. The first-order chi connectivity index (χ1) is 18.9. The van der Waals surface area contributed by atoms with Gasteiger partial charge in [-0.25, -0.2) is 9.97 Å². The molecule has 0 unspecified atom stereocenters. The van der Waals surface area contributed by atoms with Gasteiger partial charge in [-0.05, 0) is 60.8 Å². The Bertz CT molecular complexity index is 1480. The van der Waals surface area contributed by atoms with E-state index < -0.39 is 0 Å². The van der Waals surface area contributed by atoms with E-state index in [1.54, 1.807) is 12.4 Å². The Balaban J connectivity index is 1.22. The predicted molar refractivity (Wildman–Crippen MR) is 149 cm³/mol. The van der Waals surface area contributed by atoms with Gasteiger partial charge in [0.1, 0.15) is 11.4 Å². The second-order valence-electron chi connectivity index (χ2n) is 10.9. The van der Waals surface area contributed by atoms with Gasteiger partial charge in [-0.3, -0.25) is 9.78 Å². The van der Waals surface area contributed by atoms with Crippen LogP contribution in [0.15, 0.2) is 59.5 Å². The van der Waals surface area contributed by atoms with Gasteiger partial charge in [-0.1, -0.05) is 19.0 Å². The van der Waals surface area contributed by atoms with Crippen molar-refractivity contribution in [2.45, 2.75) is 32.2 Å². The van der Waals surface area contributed by atoms with Gasteiger partial charge in [0.2, 0.25) is 11.7 Å². The highest BCUT2D eigenvalue weighted by atomic mass is 16.5. The number of amides is 1. The molecule has 200 valence electrons. The topological polar surface area (TPSA) is 112 Å². The third kappa shape index (κ3) is 5.07. The summed E-state index contributed by atoms with van der Waals surface area (Å²) >= 11 is 0. The summed E-state index contributed by atoms with van der Waals surface area (Å²) < 4.78 is 5.59. The van der Waals surface area contributed by atoms with Crippen molar-refractivity contribution in [3.63, 3.8) is 0 Å². The van der Waals surface area contributed by atoms with E-state index in [9.17, 15) is 4.79 Å². The lowest BCUT2D eigenvalue weighted by atomic mass is 9.74. The zero-order valence-corrected chi connectivity index (χ0v) is 22.4. The maximum atomic E-state index is 13.0. The summed E-state index contributed by atoms with van der Waals surface area (Å²) in [4.78, 5) is 31.2. The molecule has 1 aliphatic carbocycles. The Kier molecular flexibility index (Phi) is 6.48. The lowest BCUT2D eigenvalue weighted by Crippen LogP contribution is -2.44. The molecule has 10 nitrogen and oxygen atoms in total. The molecule has 1 saturated heterocycles. The van der Waals surface area contributed by atoms with Gasteiger partial charge in [0.15, 0.2) is 0 Å². The number of hydrogen-bond acceptors (Lipinski definition) is 9. The van der Waals surface area contributed by atoms with E-state index in [1.807, 2.05) is 30.5 Å². The summed E-state index contributed by atoms with van der Waals surface area (Å²) in [6, 6.07) is 12.1. The zero-order chi connectivity index (χ0) is 27.0. The summed E-state index contributed by atoms with van der Waals surface area (Å²) in [5, 5.41) is 10.5. The molecule has 0 atom stereocenters. The lowest BCUT2D eigenvalue weighted by Gasteiger charge is -2.34. The lowest BCUT2D eigenvalue weighted by molar-refractivity contribution is 0.0912. The van der Waals surface area contributed by atoms with Crippen molar-refractivity contribution in [3.05, 3.63) is 77.4 Å². The summed E-state index contributed by atoms with van der Waals surface area (Å²) in [6.07, 6.45) is 5.85. The number of nitrogens with one attached hydrogen (secondary N) is 2. The summed E-state index contributed by atoms with van der Waals surface area (Å²) in [6.45, 7) is 8.80. The number of carbonyl (C=O) groups is 1. The number of rotatable bonds is 6. The average molecular weight is 525 g/mol. The second-order valence-corrected chi connectivity index (χ2v) is 10.9. The van der Waals surface area contributed by atoms with Crippen LogP contribution in [0.1, 0.15) is 41.1 Å². The van der Waals surface area contributed by atoms with Crippen LogP contribution in [0.3, 0.4) is 0 Å². The predicted octanol–water partition coefficient (Wildman–Crippen LogP) is 3.79. The first-order valence-electron chi connectivity index (χ1n) is 13.2. The summed E-state index contributed by atoms with van der Waals surface area (Å²) in [5.74, 6) is 0.398. The largest absolute Gasteiger partial charge is 0.369 e. The van der Waals surface area contributed by atoms with Crippen LogP contribution < -0.4 is 15.5 Å².